The van der Waals surface area contributed by atoms with Crippen LogP contribution in [0, 0.1) is 0 Å². The van der Waals surface area contributed by atoms with Crippen LogP contribution < -0.4 is 4.72 Å². The molecule has 1 atom stereocenters. The highest BCUT2D eigenvalue weighted by Crippen LogP contribution is 2.19. The van der Waals surface area contributed by atoms with Gasteiger partial charge < -0.3 is 9.64 Å². The smallest absolute Gasteiger partial charge is 0.253 e. The molecule has 8 heteroatoms. The van der Waals surface area contributed by atoms with Gasteiger partial charge in [0.05, 0.1) is 13.2 Å². The second-order valence-electron chi connectivity index (χ2n) is 6.68. The highest BCUT2D eigenvalue weighted by Gasteiger charge is 2.40. The van der Waals surface area contributed by atoms with Gasteiger partial charge in [0, 0.05) is 44.3 Å². The second-order valence-corrected chi connectivity index (χ2v) is 8.67. The highest BCUT2D eigenvalue weighted by atomic mass is 32.2. The number of morpholine rings is 1. The molecule has 2 aliphatic heterocycles. The Labute approximate surface area is 149 Å². The number of nitrogens with one attached hydrogen (secondary N) is 1. The van der Waals surface area contributed by atoms with Gasteiger partial charge in [0.25, 0.3) is 5.91 Å². The summed E-state index contributed by atoms with van der Waals surface area (Å²) >= 11 is 0. The summed E-state index contributed by atoms with van der Waals surface area (Å²) in [6.45, 7) is 6.07. The summed E-state index contributed by atoms with van der Waals surface area (Å²) in [6, 6.07) is 8.77. The molecule has 0 bridgehead atoms. The maximum Gasteiger partial charge on any atom is 0.253 e. The molecule has 2 aliphatic rings. The van der Waals surface area contributed by atoms with E-state index >= 15 is 0 Å². The van der Waals surface area contributed by atoms with E-state index in [1.54, 1.807) is 29.2 Å². The molecule has 1 amide bonds. The lowest BCUT2D eigenvalue weighted by Gasteiger charge is -2.39. The third-order valence-corrected chi connectivity index (χ3v) is 6.50. The average Bonchev–Trinajstić information content (AvgIpc) is 2.54. The van der Waals surface area contributed by atoms with Gasteiger partial charge in [-0.15, -0.1) is 0 Å². The van der Waals surface area contributed by atoms with Crippen molar-refractivity contribution >= 4 is 15.9 Å². The van der Waals surface area contributed by atoms with E-state index in [2.05, 4.69) is 9.62 Å². The molecule has 2 heterocycles. The molecule has 0 spiro atoms. The Morgan fingerprint density at radius 3 is 2.52 bits per heavy atom. The minimum atomic E-state index is -3.42. The van der Waals surface area contributed by atoms with Crippen molar-refractivity contribution in [3.63, 3.8) is 0 Å². The maximum absolute atomic E-state index is 12.5. The number of ether oxygens (including phenoxy) is 1. The van der Waals surface area contributed by atoms with Gasteiger partial charge in [0.1, 0.15) is 5.25 Å². The molecular formula is C17H25N3O4S. The van der Waals surface area contributed by atoms with E-state index in [-0.39, 0.29) is 25.0 Å². The Kier molecular flexibility index (Phi) is 5.73. The lowest BCUT2D eigenvalue weighted by Crippen LogP contribution is -2.60. The third kappa shape index (κ3) is 4.58. The molecule has 1 N–H and O–H groups in total. The topological polar surface area (TPSA) is 79.0 Å². The van der Waals surface area contributed by atoms with E-state index in [1.165, 1.54) is 0 Å². The molecule has 0 unspecified atom stereocenters. The zero-order valence-corrected chi connectivity index (χ0v) is 15.2. The quantitative estimate of drug-likeness (QED) is 0.774. The highest BCUT2D eigenvalue weighted by molar-refractivity contribution is 7.90. The standard InChI is InChI=1S/C17H25N3O4S/c1-14(11-19-7-9-24-10-8-19)18-25(22,23)16-12-20(13-16)17(21)15-5-3-2-4-6-15/h2-6,14,16,18H,7-13H2,1H3/t14-/m1/s1. The first kappa shape index (κ1) is 18.3. The predicted molar refractivity (Wildman–Crippen MR) is 94.9 cm³/mol. The van der Waals surface area contributed by atoms with Crippen LogP contribution in [-0.2, 0) is 14.8 Å². The largest absolute Gasteiger partial charge is 0.379 e. The van der Waals surface area contributed by atoms with Gasteiger partial charge >= 0.3 is 0 Å². The van der Waals surface area contributed by atoms with Crippen LogP contribution in [0.3, 0.4) is 0 Å². The average molecular weight is 367 g/mol. The number of rotatable bonds is 6. The second kappa shape index (κ2) is 7.82. The van der Waals surface area contributed by atoms with Crippen molar-refractivity contribution in [1.82, 2.24) is 14.5 Å². The van der Waals surface area contributed by atoms with E-state index in [4.69, 9.17) is 4.74 Å². The minimum absolute atomic E-state index is 0.117. The molecule has 1 aromatic carbocycles. The number of amides is 1. The van der Waals surface area contributed by atoms with Gasteiger partial charge in [0.15, 0.2) is 0 Å². The summed E-state index contributed by atoms with van der Waals surface area (Å²) in [4.78, 5) is 16.0. The van der Waals surface area contributed by atoms with E-state index in [0.29, 0.717) is 25.3 Å². The molecule has 0 saturated carbocycles. The summed E-state index contributed by atoms with van der Waals surface area (Å²) in [7, 11) is -3.42. The number of carbonyl (C=O) groups excluding carboxylic acids is 1. The molecule has 3 rings (SSSR count). The van der Waals surface area contributed by atoms with Crippen LogP contribution in [0.4, 0.5) is 0 Å². The molecule has 0 aliphatic carbocycles. The van der Waals surface area contributed by atoms with Gasteiger partial charge in [0.2, 0.25) is 10.0 Å². The Morgan fingerprint density at radius 1 is 1.24 bits per heavy atom. The molecule has 0 aromatic heterocycles. The zero-order valence-electron chi connectivity index (χ0n) is 14.4. The van der Waals surface area contributed by atoms with Gasteiger partial charge in [-0.1, -0.05) is 18.2 Å². The SMILES string of the molecule is C[C@H](CN1CCOCC1)NS(=O)(=O)C1CN(C(=O)c2ccccc2)C1. The number of nitrogens with zero attached hydrogens (tertiary/aromatic N) is 2. The van der Waals surface area contributed by atoms with Crippen molar-refractivity contribution < 1.29 is 17.9 Å². The molecule has 7 nitrogen and oxygen atoms in total. The van der Waals surface area contributed by atoms with Crippen molar-refractivity contribution in [3.8, 4) is 0 Å². The van der Waals surface area contributed by atoms with Crippen molar-refractivity contribution in [2.45, 2.75) is 18.2 Å². The lowest BCUT2D eigenvalue weighted by atomic mass is 10.1. The van der Waals surface area contributed by atoms with Gasteiger partial charge in [-0.05, 0) is 19.1 Å². The van der Waals surface area contributed by atoms with E-state index in [1.807, 2.05) is 13.0 Å². The monoisotopic (exact) mass is 367 g/mol. The van der Waals surface area contributed by atoms with Gasteiger partial charge in [-0.25, -0.2) is 13.1 Å². The molecule has 2 saturated heterocycles. The van der Waals surface area contributed by atoms with Crippen molar-refractivity contribution in [3.05, 3.63) is 35.9 Å². The normalized spacial score (nSPS) is 20.9. The number of sulfonamides is 1. The van der Waals surface area contributed by atoms with E-state index in [9.17, 15) is 13.2 Å². The first-order chi connectivity index (χ1) is 12.0. The van der Waals surface area contributed by atoms with Crippen LogP contribution in [0.15, 0.2) is 30.3 Å². The zero-order chi connectivity index (χ0) is 17.9. The summed E-state index contributed by atoms with van der Waals surface area (Å²) < 4.78 is 33.0. The Balaban J connectivity index is 1.48. The number of carbonyl (C=O) groups is 1. The maximum atomic E-state index is 12.5. The summed E-state index contributed by atoms with van der Waals surface area (Å²) in [6.07, 6.45) is 0. The number of likely N-dealkylation sites (tertiary alicyclic amines) is 1. The molecule has 2 fully saturated rings. The van der Waals surface area contributed by atoms with Crippen LogP contribution in [0.2, 0.25) is 0 Å². The van der Waals surface area contributed by atoms with Crippen LogP contribution >= 0.6 is 0 Å². The van der Waals surface area contributed by atoms with Gasteiger partial charge in [-0.3, -0.25) is 9.69 Å². The van der Waals surface area contributed by atoms with Crippen molar-refractivity contribution in [2.24, 2.45) is 0 Å². The first-order valence-electron chi connectivity index (χ1n) is 8.61. The fourth-order valence-corrected chi connectivity index (χ4v) is 4.73. The fourth-order valence-electron chi connectivity index (χ4n) is 3.15. The van der Waals surface area contributed by atoms with Gasteiger partial charge in [-0.2, -0.15) is 0 Å². The number of hydrogen-bond donors (Lipinski definition) is 1. The van der Waals surface area contributed by atoms with Crippen molar-refractivity contribution in [1.29, 1.82) is 0 Å². The molecule has 25 heavy (non-hydrogen) atoms. The van der Waals surface area contributed by atoms with E-state index < -0.39 is 15.3 Å². The summed E-state index contributed by atoms with van der Waals surface area (Å²) in [5.74, 6) is -0.117. The Morgan fingerprint density at radius 2 is 1.88 bits per heavy atom. The summed E-state index contributed by atoms with van der Waals surface area (Å²) in [5, 5.41) is -0.535. The van der Waals surface area contributed by atoms with Crippen LogP contribution in [0.25, 0.3) is 0 Å². The summed E-state index contributed by atoms with van der Waals surface area (Å²) in [5.41, 5.74) is 0.590. The number of benzene rings is 1. The number of hydrogen-bond acceptors (Lipinski definition) is 5. The van der Waals surface area contributed by atoms with Crippen LogP contribution in [-0.4, -0.2) is 81.4 Å². The fraction of sp³-hybridized carbons (Fsp3) is 0.588. The molecular weight excluding hydrogens is 342 g/mol. The Bertz CT molecular complexity index is 683. The first-order valence-corrected chi connectivity index (χ1v) is 10.2. The lowest BCUT2D eigenvalue weighted by molar-refractivity contribution is 0.0353. The molecule has 138 valence electrons. The third-order valence-electron chi connectivity index (χ3n) is 4.60. The van der Waals surface area contributed by atoms with Crippen LogP contribution in [0.5, 0.6) is 0 Å². The predicted octanol–water partition coefficient (Wildman–Crippen LogP) is 0.151. The van der Waals surface area contributed by atoms with E-state index in [0.717, 1.165) is 13.1 Å². The van der Waals surface area contributed by atoms with Crippen LogP contribution in [0.1, 0.15) is 17.3 Å². The minimum Gasteiger partial charge on any atom is -0.379 e. The van der Waals surface area contributed by atoms with Crippen molar-refractivity contribution in [2.75, 3.05) is 45.9 Å². The molecule has 1 aromatic rings. The Hall–Kier alpha value is -1.48. The molecule has 0 radical (unpaired) electrons.